The van der Waals surface area contributed by atoms with E-state index in [1.165, 1.54) is 96.3 Å². The summed E-state index contributed by atoms with van der Waals surface area (Å²) >= 11 is 8.98. The van der Waals surface area contributed by atoms with Crippen molar-refractivity contribution in [3.63, 3.8) is 0 Å². The Morgan fingerprint density at radius 1 is 0.600 bits per heavy atom. The van der Waals surface area contributed by atoms with Gasteiger partial charge in [0.15, 0.2) is 0 Å². The van der Waals surface area contributed by atoms with E-state index < -0.39 is 0 Å². The number of hydrogen-bond acceptors (Lipinski definition) is 2. The van der Waals surface area contributed by atoms with Gasteiger partial charge >= 0.3 is 0 Å². The van der Waals surface area contributed by atoms with Crippen LogP contribution in [-0.4, -0.2) is 11.0 Å². The molecule has 0 heterocycles. The first-order chi connectivity index (χ1) is 9.81. The van der Waals surface area contributed by atoms with Crippen LogP contribution in [0, 0.1) is 0 Å². The Kier molecular flexibility index (Phi) is 18.4. The van der Waals surface area contributed by atoms with Crippen LogP contribution in [0.25, 0.3) is 0 Å². The smallest absolute Gasteiger partial charge is 0.00168 e. The molecule has 0 bridgehead atoms. The average molecular weight is 319 g/mol. The third-order valence-corrected chi connectivity index (χ3v) is 4.92. The molecule has 0 nitrogen and oxygen atoms in total. The molecule has 0 aliphatic rings. The molecule has 0 saturated carbocycles. The molecule has 0 N–H and O–H groups in total. The minimum Gasteiger partial charge on any atom is -0.179 e. The molecular weight excluding hydrogens is 280 g/mol. The molecule has 0 aromatic rings. The molecule has 0 aromatic heterocycles. The highest BCUT2D eigenvalue weighted by molar-refractivity contribution is 7.81. The molecule has 0 spiro atoms. The van der Waals surface area contributed by atoms with Gasteiger partial charge in [-0.3, -0.25) is 0 Å². The van der Waals surface area contributed by atoms with Crippen molar-refractivity contribution in [2.45, 2.75) is 108 Å². The molecule has 20 heavy (non-hydrogen) atoms. The predicted octanol–water partition coefficient (Wildman–Crippen LogP) is 7.09. The van der Waals surface area contributed by atoms with E-state index in [1.54, 1.807) is 0 Å². The van der Waals surface area contributed by atoms with Crippen molar-refractivity contribution >= 4 is 25.3 Å². The first-order valence-corrected chi connectivity index (χ1v) is 10.2. The van der Waals surface area contributed by atoms with E-state index in [1.807, 2.05) is 0 Å². The summed E-state index contributed by atoms with van der Waals surface area (Å²) in [4.78, 5) is 0. The average Bonchev–Trinajstić information content (AvgIpc) is 2.45. The zero-order chi connectivity index (χ0) is 14.9. The molecule has 0 rings (SSSR count). The lowest BCUT2D eigenvalue weighted by atomic mass is 10.0. The first kappa shape index (κ1) is 20.7. The molecule has 1 unspecified atom stereocenters. The van der Waals surface area contributed by atoms with Crippen molar-refractivity contribution in [2.24, 2.45) is 0 Å². The Labute approximate surface area is 139 Å². The predicted molar refractivity (Wildman–Crippen MR) is 102 cm³/mol. The van der Waals surface area contributed by atoms with E-state index in [9.17, 15) is 0 Å². The monoisotopic (exact) mass is 318 g/mol. The summed E-state index contributed by atoms with van der Waals surface area (Å²) in [7, 11) is 0. The van der Waals surface area contributed by atoms with Crippen molar-refractivity contribution in [1.82, 2.24) is 0 Å². The van der Waals surface area contributed by atoms with Gasteiger partial charge in [-0.15, -0.1) is 0 Å². The fourth-order valence-corrected chi connectivity index (χ4v) is 3.27. The van der Waals surface area contributed by atoms with Crippen LogP contribution in [0.4, 0.5) is 0 Å². The molecule has 2 heteroatoms. The van der Waals surface area contributed by atoms with Gasteiger partial charge in [0, 0.05) is 5.25 Å². The summed E-state index contributed by atoms with van der Waals surface area (Å²) in [6.07, 6.45) is 20.8. The van der Waals surface area contributed by atoms with Gasteiger partial charge < -0.3 is 0 Å². The Hall–Kier alpha value is 0.700. The highest BCUT2D eigenvalue weighted by Crippen LogP contribution is 2.17. The van der Waals surface area contributed by atoms with Gasteiger partial charge in [-0.25, -0.2) is 0 Å². The minimum absolute atomic E-state index is 0.653. The van der Waals surface area contributed by atoms with Crippen molar-refractivity contribution in [3.05, 3.63) is 0 Å². The van der Waals surface area contributed by atoms with Crippen molar-refractivity contribution < 1.29 is 0 Å². The van der Waals surface area contributed by atoms with Crippen LogP contribution < -0.4 is 0 Å². The van der Waals surface area contributed by atoms with Gasteiger partial charge in [-0.2, -0.15) is 25.3 Å². The summed E-state index contributed by atoms with van der Waals surface area (Å²) in [6, 6.07) is 0. The van der Waals surface area contributed by atoms with Gasteiger partial charge in [0.1, 0.15) is 0 Å². The van der Waals surface area contributed by atoms with Gasteiger partial charge in [0.05, 0.1) is 0 Å². The minimum atomic E-state index is 0.653. The third-order valence-electron chi connectivity index (χ3n) is 4.09. The second-order valence-electron chi connectivity index (χ2n) is 6.20. The first-order valence-electron chi connectivity index (χ1n) is 9.10. The lowest BCUT2D eigenvalue weighted by Gasteiger charge is -2.10. The van der Waals surface area contributed by atoms with Gasteiger partial charge in [-0.05, 0) is 25.0 Å². The third kappa shape index (κ3) is 16.8. The maximum absolute atomic E-state index is 4.73. The number of thiol groups is 2. The summed E-state index contributed by atoms with van der Waals surface area (Å²) in [5, 5.41) is 0.653. The van der Waals surface area contributed by atoms with Crippen LogP contribution in [0.2, 0.25) is 0 Å². The van der Waals surface area contributed by atoms with Crippen molar-refractivity contribution in [3.8, 4) is 0 Å². The normalized spacial score (nSPS) is 12.8. The standard InChI is InChI=1S/C18H38S2/c1-2-3-4-5-6-7-9-12-15-18(20)16-13-10-8-11-14-17-19/h18-20H,2-17H2,1H3. The highest BCUT2D eigenvalue weighted by atomic mass is 32.1. The SMILES string of the molecule is CCCCCCCCCCC(S)CCCCCCCS. The molecule has 0 aromatic carbocycles. The molecule has 0 aliphatic heterocycles. The maximum atomic E-state index is 4.73. The number of hydrogen-bond donors (Lipinski definition) is 2. The highest BCUT2D eigenvalue weighted by Gasteiger charge is 2.02. The van der Waals surface area contributed by atoms with E-state index in [0.717, 1.165) is 5.75 Å². The lowest BCUT2D eigenvalue weighted by molar-refractivity contribution is 0.539. The zero-order valence-corrected chi connectivity index (χ0v) is 15.6. The number of unbranched alkanes of at least 4 members (excludes halogenated alkanes) is 11. The van der Waals surface area contributed by atoms with Gasteiger partial charge in [-0.1, -0.05) is 84.0 Å². The van der Waals surface area contributed by atoms with Gasteiger partial charge in [0.25, 0.3) is 0 Å². The summed E-state index contributed by atoms with van der Waals surface area (Å²) in [5.41, 5.74) is 0. The summed E-state index contributed by atoms with van der Waals surface area (Å²) in [5.74, 6) is 1.05. The Balaban J connectivity index is 3.10. The summed E-state index contributed by atoms with van der Waals surface area (Å²) < 4.78 is 0. The van der Waals surface area contributed by atoms with E-state index in [4.69, 9.17) is 12.6 Å². The summed E-state index contributed by atoms with van der Waals surface area (Å²) in [6.45, 7) is 2.28. The maximum Gasteiger partial charge on any atom is 0.00168 e. The molecule has 0 radical (unpaired) electrons. The van der Waals surface area contributed by atoms with E-state index >= 15 is 0 Å². The Morgan fingerprint density at radius 3 is 1.45 bits per heavy atom. The quantitative estimate of drug-likeness (QED) is 0.220. The van der Waals surface area contributed by atoms with Crippen LogP contribution in [0.15, 0.2) is 0 Å². The van der Waals surface area contributed by atoms with Gasteiger partial charge in [0.2, 0.25) is 0 Å². The van der Waals surface area contributed by atoms with Crippen LogP contribution in [0.5, 0.6) is 0 Å². The fraction of sp³-hybridized carbons (Fsp3) is 1.00. The van der Waals surface area contributed by atoms with Crippen LogP contribution >= 0.6 is 25.3 Å². The largest absolute Gasteiger partial charge is 0.179 e. The van der Waals surface area contributed by atoms with E-state index in [2.05, 4.69) is 19.6 Å². The van der Waals surface area contributed by atoms with Crippen LogP contribution in [0.1, 0.15) is 103 Å². The molecule has 0 amide bonds. The second-order valence-corrected chi connectivity index (χ2v) is 7.37. The number of rotatable bonds is 16. The fourth-order valence-electron chi connectivity index (χ4n) is 2.68. The molecular formula is C18H38S2. The molecule has 1 atom stereocenters. The van der Waals surface area contributed by atoms with E-state index in [0.29, 0.717) is 5.25 Å². The molecule has 122 valence electrons. The van der Waals surface area contributed by atoms with Crippen molar-refractivity contribution in [1.29, 1.82) is 0 Å². The Bertz CT molecular complexity index is 171. The Morgan fingerprint density at radius 2 is 1.00 bits per heavy atom. The topological polar surface area (TPSA) is 0 Å². The van der Waals surface area contributed by atoms with Crippen LogP contribution in [-0.2, 0) is 0 Å². The molecule has 0 aliphatic carbocycles. The second kappa shape index (κ2) is 17.8. The zero-order valence-electron chi connectivity index (χ0n) is 13.8. The van der Waals surface area contributed by atoms with Crippen LogP contribution in [0.3, 0.4) is 0 Å². The molecule has 0 fully saturated rings. The van der Waals surface area contributed by atoms with E-state index in [-0.39, 0.29) is 0 Å². The lowest BCUT2D eigenvalue weighted by Crippen LogP contribution is -1.98. The van der Waals surface area contributed by atoms with Crippen molar-refractivity contribution in [2.75, 3.05) is 5.75 Å². The molecule has 0 saturated heterocycles.